The Kier molecular flexibility index (Phi) is 3.67. The van der Waals surface area contributed by atoms with E-state index in [1.807, 2.05) is 12.1 Å². The number of carboxylic acids is 1. The van der Waals surface area contributed by atoms with Crippen LogP contribution < -0.4 is 5.32 Å². The molecule has 17 heavy (non-hydrogen) atoms. The Morgan fingerprint density at radius 3 is 3.06 bits per heavy atom. The number of unbranched alkanes of at least 4 members (excludes halogenated alkanes) is 1. The number of fused-ring (bicyclic) bond motifs is 1. The molecule has 0 aromatic heterocycles. The predicted molar refractivity (Wildman–Crippen MR) is 68.6 cm³/mol. The largest absolute Gasteiger partial charge is 0.478 e. The third-order valence-electron chi connectivity index (χ3n) is 3.42. The molecule has 0 spiro atoms. The van der Waals surface area contributed by atoms with Gasteiger partial charge in [-0.15, -0.1) is 0 Å². The van der Waals surface area contributed by atoms with Crippen molar-refractivity contribution in [1.82, 2.24) is 0 Å². The van der Waals surface area contributed by atoms with Gasteiger partial charge in [-0.3, -0.25) is 0 Å². The molecule has 1 heterocycles. The van der Waals surface area contributed by atoms with Crippen LogP contribution >= 0.6 is 0 Å². The van der Waals surface area contributed by atoms with Crippen LogP contribution in [0.4, 0.5) is 5.69 Å². The van der Waals surface area contributed by atoms with Gasteiger partial charge in [-0.05, 0) is 30.4 Å². The Morgan fingerprint density at radius 1 is 1.53 bits per heavy atom. The van der Waals surface area contributed by atoms with Crippen LogP contribution in [0, 0.1) is 5.92 Å². The van der Waals surface area contributed by atoms with Crippen LogP contribution in [0.15, 0.2) is 18.2 Å². The molecular weight excluding hydrogens is 214 g/mol. The number of carboxylic acid groups (broad SMARTS) is 1. The lowest BCUT2D eigenvalue weighted by molar-refractivity contribution is 0.0697. The molecule has 2 rings (SSSR count). The van der Waals surface area contributed by atoms with Gasteiger partial charge >= 0.3 is 5.97 Å². The van der Waals surface area contributed by atoms with Crippen molar-refractivity contribution in [3.63, 3.8) is 0 Å². The molecule has 0 saturated heterocycles. The van der Waals surface area contributed by atoms with Crippen molar-refractivity contribution in [2.45, 2.75) is 32.6 Å². The van der Waals surface area contributed by atoms with Gasteiger partial charge in [0.1, 0.15) is 0 Å². The number of aromatic carboxylic acids is 1. The normalized spacial score (nSPS) is 18.3. The first-order valence-electron chi connectivity index (χ1n) is 6.31. The SMILES string of the molecule is CCCCC1CNc2c(cccc2C(=O)O)C1. The number of carbonyl (C=O) groups is 1. The first kappa shape index (κ1) is 12.0. The zero-order valence-corrected chi connectivity index (χ0v) is 10.2. The molecule has 1 aliphatic heterocycles. The Hall–Kier alpha value is -1.51. The molecule has 0 radical (unpaired) electrons. The molecule has 3 nitrogen and oxygen atoms in total. The van der Waals surface area contributed by atoms with Gasteiger partial charge in [0.15, 0.2) is 0 Å². The minimum absolute atomic E-state index is 0.399. The zero-order valence-electron chi connectivity index (χ0n) is 10.2. The van der Waals surface area contributed by atoms with Gasteiger partial charge in [0.2, 0.25) is 0 Å². The monoisotopic (exact) mass is 233 g/mol. The number of rotatable bonds is 4. The van der Waals surface area contributed by atoms with Crippen LogP contribution in [0.2, 0.25) is 0 Å². The summed E-state index contributed by atoms with van der Waals surface area (Å²) in [4.78, 5) is 11.1. The Bertz CT molecular complexity index is 415. The van der Waals surface area contributed by atoms with E-state index in [1.54, 1.807) is 6.07 Å². The van der Waals surface area contributed by atoms with Gasteiger partial charge < -0.3 is 10.4 Å². The van der Waals surface area contributed by atoms with Gasteiger partial charge in [0.25, 0.3) is 0 Å². The topological polar surface area (TPSA) is 49.3 Å². The number of hydrogen-bond donors (Lipinski definition) is 2. The van der Waals surface area contributed by atoms with Crippen molar-refractivity contribution in [3.05, 3.63) is 29.3 Å². The molecule has 3 heteroatoms. The molecule has 1 unspecified atom stereocenters. The summed E-state index contributed by atoms with van der Waals surface area (Å²) in [6.45, 7) is 3.10. The summed E-state index contributed by atoms with van der Waals surface area (Å²) in [5.41, 5.74) is 2.38. The quantitative estimate of drug-likeness (QED) is 0.839. The molecule has 1 aromatic rings. The Morgan fingerprint density at radius 2 is 2.35 bits per heavy atom. The molecule has 1 aromatic carbocycles. The zero-order chi connectivity index (χ0) is 12.3. The van der Waals surface area contributed by atoms with E-state index in [-0.39, 0.29) is 0 Å². The smallest absolute Gasteiger partial charge is 0.337 e. The van der Waals surface area contributed by atoms with Crippen LogP contribution in [0.3, 0.4) is 0 Å². The maximum Gasteiger partial charge on any atom is 0.337 e. The second-order valence-corrected chi connectivity index (χ2v) is 4.74. The van der Waals surface area contributed by atoms with Crippen LogP contribution in [0.25, 0.3) is 0 Å². The molecule has 2 N–H and O–H groups in total. The van der Waals surface area contributed by atoms with Crippen LogP contribution in [0.1, 0.15) is 42.1 Å². The fraction of sp³-hybridized carbons (Fsp3) is 0.500. The number of para-hydroxylation sites is 1. The van der Waals surface area contributed by atoms with Crippen LogP contribution in [-0.2, 0) is 6.42 Å². The second-order valence-electron chi connectivity index (χ2n) is 4.74. The molecule has 0 bridgehead atoms. The fourth-order valence-corrected chi connectivity index (χ4v) is 2.48. The van der Waals surface area contributed by atoms with Gasteiger partial charge in [-0.2, -0.15) is 0 Å². The summed E-state index contributed by atoms with van der Waals surface area (Å²) < 4.78 is 0. The first-order chi connectivity index (χ1) is 8.22. The lowest BCUT2D eigenvalue weighted by Gasteiger charge is -2.27. The standard InChI is InChI=1S/C14H19NO2/c1-2-3-5-10-8-11-6-4-7-12(14(16)17)13(11)15-9-10/h4,6-7,10,15H,2-3,5,8-9H2,1H3,(H,16,17). The Balaban J connectivity index is 2.16. The highest BCUT2D eigenvalue weighted by Crippen LogP contribution is 2.30. The molecule has 0 fully saturated rings. The van der Waals surface area contributed by atoms with Crippen molar-refractivity contribution in [2.24, 2.45) is 5.92 Å². The van der Waals surface area contributed by atoms with Gasteiger partial charge in [0.05, 0.1) is 11.3 Å². The van der Waals surface area contributed by atoms with E-state index in [1.165, 1.54) is 19.3 Å². The highest BCUT2D eigenvalue weighted by molar-refractivity contribution is 5.95. The lowest BCUT2D eigenvalue weighted by atomic mass is 9.88. The minimum atomic E-state index is -0.846. The maximum atomic E-state index is 11.1. The Labute approximate surface area is 102 Å². The average Bonchev–Trinajstić information content (AvgIpc) is 2.35. The summed E-state index contributed by atoms with van der Waals surface area (Å²) in [6, 6.07) is 5.54. The number of hydrogen-bond acceptors (Lipinski definition) is 2. The van der Waals surface area contributed by atoms with E-state index in [0.717, 1.165) is 24.2 Å². The van der Waals surface area contributed by atoms with Gasteiger partial charge in [-0.1, -0.05) is 31.9 Å². The van der Waals surface area contributed by atoms with Gasteiger partial charge in [0, 0.05) is 6.54 Å². The van der Waals surface area contributed by atoms with Crippen molar-refractivity contribution in [1.29, 1.82) is 0 Å². The van der Waals surface area contributed by atoms with E-state index in [4.69, 9.17) is 5.11 Å². The summed E-state index contributed by atoms with van der Waals surface area (Å²) in [6.07, 6.45) is 4.70. The third-order valence-corrected chi connectivity index (χ3v) is 3.42. The van der Waals surface area contributed by atoms with Crippen LogP contribution in [0.5, 0.6) is 0 Å². The van der Waals surface area contributed by atoms with E-state index < -0.39 is 5.97 Å². The van der Waals surface area contributed by atoms with E-state index in [2.05, 4.69) is 12.2 Å². The van der Waals surface area contributed by atoms with Crippen LogP contribution in [-0.4, -0.2) is 17.6 Å². The predicted octanol–water partition coefficient (Wildman–Crippen LogP) is 3.16. The summed E-state index contributed by atoms with van der Waals surface area (Å²) >= 11 is 0. The van der Waals surface area contributed by atoms with Crippen molar-refractivity contribution in [3.8, 4) is 0 Å². The number of benzene rings is 1. The molecule has 1 atom stereocenters. The van der Waals surface area contributed by atoms with Crippen molar-refractivity contribution in [2.75, 3.05) is 11.9 Å². The molecular formula is C14H19NO2. The summed E-state index contributed by atoms with van der Waals surface area (Å²) in [5.74, 6) is -0.201. The average molecular weight is 233 g/mol. The van der Waals surface area contributed by atoms with Gasteiger partial charge in [-0.25, -0.2) is 4.79 Å². The lowest BCUT2D eigenvalue weighted by Crippen LogP contribution is -2.24. The summed E-state index contributed by atoms with van der Waals surface area (Å²) in [5, 5.41) is 12.4. The molecule has 92 valence electrons. The summed E-state index contributed by atoms with van der Waals surface area (Å²) in [7, 11) is 0. The number of anilines is 1. The third kappa shape index (κ3) is 2.60. The molecule has 0 saturated carbocycles. The van der Waals surface area contributed by atoms with E-state index in [0.29, 0.717) is 11.5 Å². The highest BCUT2D eigenvalue weighted by atomic mass is 16.4. The molecule has 0 aliphatic carbocycles. The minimum Gasteiger partial charge on any atom is -0.478 e. The van der Waals surface area contributed by atoms with E-state index in [9.17, 15) is 4.79 Å². The first-order valence-corrected chi connectivity index (χ1v) is 6.31. The maximum absolute atomic E-state index is 11.1. The number of nitrogens with one attached hydrogen (secondary N) is 1. The fourth-order valence-electron chi connectivity index (χ4n) is 2.48. The van der Waals surface area contributed by atoms with Crippen molar-refractivity contribution >= 4 is 11.7 Å². The second kappa shape index (κ2) is 5.21. The molecule has 1 aliphatic rings. The molecule has 0 amide bonds. The van der Waals surface area contributed by atoms with E-state index >= 15 is 0 Å². The highest BCUT2D eigenvalue weighted by Gasteiger charge is 2.21. The van der Waals surface area contributed by atoms with Crippen molar-refractivity contribution < 1.29 is 9.90 Å².